The number of benzene rings is 1. The van der Waals surface area contributed by atoms with Crippen LogP contribution in [0.3, 0.4) is 0 Å². The van der Waals surface area contributed by atoms with Crippen LogP contribution in [0.25, 0.3) is 0 Å². The van der Waals surface area contributed by atoms with Crippen LogP contribution >= 0.6 is 0 Å². The number of alkyl halides is 2. The zero-order chi connectivity index (χ0) is 17.6. The quantitative estimate of drug-likeness (QED) is 0.872. The molecule has 1 aliphatic heterocycles. The van der Waals surface area contributed by atoms with E-state index in [1.165, 1.54) is 12.4 Å². The van der Waals surface area contributed by atoms with Crippen molar-refractivity contribution >= 4 is 17.4 Å². The zero-order valence-electron chi connectivity index (χ0n) is 13.7. The number of para-hydroxylation sites is 1. The van der Waals surface area contributed by atoms with Crippen LogP contribution in [-0.2, 0) is 6.54 Å². The summed E-state index contributed by atoms with van der Waals surface area (Å²) in [5, 5.41) is 9.37. The van der Waals surface area contributed by atoms with Crippen LogP contribution in [0.2, 0.25) is 0 Å². The molecule has 1 aliphatic rings. The Hall–Kier alpha value is -2.64. The van der Waals surface area contributed by atoms with Crippen molar-refractivity contribution in [1.82, 2.24) is 15.1 Å². The van der Waals surface area contributed by atoms with Gasteiger partial charge in [-0.05, 0) is 25.0 Å². The van der Waals surface area contributed by atoms with Crippen LogP contribution in [0.15, 0.2) is 42.7 Å². The third kappa shape index (κ3) is 4.91. The Kier molecular flexibility index (Phi) is 5.47. The highest BCUT2D eigenvalue weighted by molar-refractivity contribution is 5.89. The Bertz CT molecular complexity index is 691. The Morgan fingerprint density at radius 2 is 2.12 bits per heavy atom. The van der Waals surface area contributed by atoms with E-state index in [0.717, 1.165) is 36.3 Å². The number of aromatic nitrogens is 2. The molecule has 3 rings (SSSR count). The molecule has 0 bridgehead atoms. The molecule has 6 nitrogen and oxygen atoms in total. The van der Waals surface area contributed by atoms with Gasteiger partial charge in [0.25, 0.3) is 6.43 Å². The van der Waals surface area contributed by atoms with E-state index in [9.17, 15) is 13.6 Å². The Balaban J connectivity index is 1.51. The lowest BCUT2D eigenvalue weighted by atomic mass is 10.1. The van der Waals surface area contributed by atoms with Crippen molar-refractivity contribution in [1.29, 1.82) is 0 Å². The molecule has 0 spiro atoms. The van der Waals surface area contributed by atoms with Gasteiger partial charge < -0.3 is 15.5 Å². The first-order chi connectivity index (χ1) is 12.1. The van der Waals surface area contributed by atoms with Gasteiger partial charge in [0.2, 0.25) is 0 Å². The van der Waals surface area contributed by atoms with E-state index in [0.29, 0.717) is 5.69 Å². The fraction of sp³-hybridized carbons (Fsp3) is 0.412. The Morgan fingerprint density at radius 3 is 2.88 bits per heavy atom. The summed E-state index contributed by atoms with van der Waals surface area (Å²) in [6.45, 7) is 1.21. The molecule has 134 valence electrons. The molecule has 0 radical (unpaired) electrons. The predicted molar refractivity (Wildman–Crippen MR) is 92.1 cm³/mol. The molecule has 0 aliphatic carbocycles. The van der Waals surface area contributed by atoms with Crippen molar-refractivity contribution in [3.05, 3.63) is 42.7 Å². The van der Waals surface area contributed by atoms with Crippen molar-refractivity contribution in [3.8, 4) is 0 Å². The van der Waals surface area contributed by atoms with Crippen LogP contribution in [-0.4, -0.2) is 41.4 Å². The SMILES string of the molecule is O=C(Nc1cnn(CC(F)F)c1)N[C@@H]1CCCN(c2ccccc2)C1. The molecule has 1 atom stereocenters. The third-order valence-corrected chi connectivity index (χ3v) is 4.09. The van der Waals surface area contributed by atoms with Crippen LogP contribution in [0.5, 0.6) is 0 Å². The van der Waals surface area contributed by atoms with E-state index in [1.54, 1.807) is 0 Å². The number of nitrogens with one attached hydrogen (secondary N) is 2. The van der Waals surface area contributed by atoms with Crippen LogP contribution in [0.1, 0.15) is 12.8 Å². The number of halogens is 2. The second-order valence-corrected chi connectivity index (χ2v) is 6.06. The Morgan fingerprint density at radius 1 is 1.32 bits per heavy atom. The maximum absolute atomic E-state index is 12.3. The van der Waals surface area contributed by atoms with Gasteiger partial charge >= 0.3 is 6.03 Å². The van der Waals surface area contributed by atoms with Gasteiger partial charge in [-0.25, -0.2) is 13.6 Å². The van der Waals surface area contributed by atoms with Gasteiger partial charge in [-0.2, -0.15) is 5.10 Å². The van der Waals surface area contributed by atoms with Gasteiger partial charge in [-0.1, -0.05) is 18.2 Å². The van der Waals surface area contributed by atoms with Crippen LogP contribution in [0, 0.1) is 0 Å². The fourth-order valence-electron chi connectivity index (χ4n) is 2.99. The number of anilines is 2. The number of piperidine rings is 1. The van der Waals surface area contributed by atoms with Crippen molar-refractivity contribution in [2.24, 2.45) is 0 Å². The minimum Gasteiger partial charge on any atom is -0.369 e. The molecule has 0 unspecified atom stereocenters. The van der Waals surface area contributed by atoms with E-state index in [2.05, 4.69) is 32.8 Å². The van der Waals surface area contributed by atoms with Gasteiger partial charge in [-0.15, -0.1) is 0 Å². The lowest BCUT2D eigenvalue weighted by Gasteiger charge is -2.34. The predicted octanol–water partition coefficient (Wildman–Crippen LogP) is 2.94. The third-order valence-electron chi connectivity index (χ3n) is 4.09. The Labute approximate surface area is 144 Å². The molecule has 2 N–H and O–H groups in total. The van der Waals surface area contributed by atoms with E-state index in [1.807, 2.05) is 18.2 Å². The average Bonchev–Trinajstić information content (AvgIpc) is 3.02. The number of nitrogens with zero attached hydrogens (tertiary/aromatic N) is 3. The molecule has 2 amide bonds. The van der Waals surface area contributed by atoms with Crippen molar-refractivity contribution in [2.45, 2.75) is 31.9 Å². The molecule has 1 fully saturated rings. The molecule has 1 saturated heterocycles. The normalized spacial score (nSPS) is 17.6. The average molecular weight is 349 g/mol. The van der Waals surface area contributed by atoms with E-state index < -0.39 is 13.0 Å². The van der Waals surface area contributed by atoms with E-state index in [-0.39, 0.29) is 12.1 Å². The highest BCUT2D eigenvalue weighted by atomic mass is 19.3. The number of hydrogen-bond acceptors (Lipinski definition) is 3. The molecular weight excluding hydrogens is 328 g/mol. The number of carbonyl (C=O) groups is 1. The summed E-state index contributed by atoms with van der Waals surface area (Å²) in [7, 11) is 0. The summed E-state index contributed by atoms with van der Waals surface area (Å²) in [6.07, 6.45) is 2.17. The first-order valence-corrected chi connectivity index (χ1v) is 8.28. The number of amides is 2. The smallest absolute Gasteiger partial charge is 0.319 e. The van der Waals surface area contributed by atoms with Crippen LogP contribution < -0.4 is 15.5 Å². The fourth-order valence-corrected chi connectivity index (χ4v) is 2.99. The summed E-state index contributed by atoms with van der Waals surface area (Å²) >= 11 is 0. The summed E-state index contributed by atoms with van der Waals surface area (Å²) in [4.78, 5) is 14.4. The highest BCUT2D eigenvalue weighted by Crippen LogP contribution is 2.19. The standard InChI is InChI=1S/C17H21F2N5O/c18-16(19)12-24-11-14(9-20-24)22-17(25)21-13-5-4-8-23(10-13)15-6-2-1-3-7-15/h1-3,6-7,9,11,13,16H,4-5,8,10,12H2,(H2,21,22,25)/t13-/m1/s1. The van der Waals surface area contributed by atoms with Gasteiger partial charge in [0.15, 0.2) is 0 Å². The second kappa shape index (κ2) is 7.96. The second-order valence-electron chi connectivity index (χ2n) is 6.06. The first-order valence-electron chi connectivity index (χ1n) is 8.28. The van der Waals surface area contributed by atoms with Crippen LogP contribution in [0.4, 0.5) is 25.0 Å². The van der Waals surface area contributed by atoms with Gasteiger partial charge in [0, 0.05) is 31.0 Å². The van der Waals surface area contributed by atoms with E-state index >= 15 is 0 Å². The monoisotopic (exact) mass is 349 g/mol. The van der Waals surface area contributed by atoms with E-state index in [4.69, 9.17) is 0 Å². The minimum absolute atomic E-state index is 0.0325. The molecule has 8 heteroatoms. The zero-order valence-corrected chi connectivity index (χ0v) is 13.7. The topological polar surface area (TPSA) is 62.2 Å². The molecule has 0 saturated carbocycles. The molecule has 1 aromatic carbocycles. The number of urea groups is 1. The lowest BCUT2D eigenvalue weighted by Crippen LogP contribution is -2.49. The highest BCUT2D eigenvalue weighted by Gasteiger charge is 2.21. The summed E-state index contributed by atoms with van der Waals surface area (Å²) in [6, 6.07) is 9.76. The maximum Gasteiger partial charge on any atom is 0.319 e. The number of hydrogen-bond donors (Lipinski definition) is 2. The minimum atomic E-state index is -2.48. The molecule has 1 aromatic heterocycles. The largest absolute Gasteiger partial charge is 0.369 e. The van der Waals surface area contributed by atoms with Gasteiger partial charge in [0.05, 0.1) is 11.9 Å². The molecule has 2 aromatic rings. The lowest BCUT2D eigenvalue weighted by molar-refractivity contribution is 0.122. The first kappa shape index (κ1) is 17.2. The molecule has 25 heavy (non-hydrogen) atoms. The molecular formula is C17H21F2N5O. The molecule has 2 heterocycles. The number of rotatable bonds is 5. The summed E-state index contributed by atoms with van der Waals surface area (Å²) in [5.74, 6) is 0. The van der Waals surface area contributed by atoms with Gasteiger partial charge in [0.1, 0.15) is 6.54 Å². The number of carbonyl (C=O) groups excluding carboxylic acids is 1. The summed E-state index contributed by atoms with van der Waals surface area (Å²) < 4.78 is 25.7. The van der Waals surface area contributed by atoms with Gasteiger partial charge in [-0.3, -0.25) is 4.68 Å². The summed E-state index contributed by atoms with van der Waals surface area (Å²) in [5.41, 5.74) is 1.54. The van der Waals surface area contributed by atoms with Crippen molar-refractivity contribution in [2.75, 3.05) is 23.3 Å². The van der Waals surface area contributed by atoms with Crippen molar-refractivity contribution < 1.29 is 13.6 Å². The van der Waals surface area contributed by atoms with Crippen molar-refractivity contribution in [3.63, 3.8) is 0 Å². The maximum atomic E-state index is 12.3.